The van der Waals surface area contributed by atoms with E-state index in [-0.39, 0.29) is 12.1 Å². The van der Waals surface area contributed by atoms with Gasteiger partial charge in [-0.15, -0.1) is 6.58 Å². The van der Waals surface area contributed by atoms with E-state index in [1.807, 2.05) is 12.1 Å². The molecule has 7 heteroatoms. The number of halogens is 1. The minimum atomic E-state index is -0.424. The highest BCUT2D eigenvalue weighted by atomic mass is 35.5. The summed E-state index contributed by atoms with van der Waals surface area (Å²) in [5, 5.41) is 3.74. The van der Waals surface area contributed by atoms with Crippen LogP contribution in [0.2, 0.25) is 5.02 Å². The number of nitrogens with zero attached hydrogens (tertiary/aromatic N) is 3. The third-order valence-corrected chi connectivity index (χ3v) is 4.26. The number of rotatable bonds is 2. The second-order valence-electron chi connectivity index (χ2n) is 5.68. The summed E-state index contributed by atoms with van der Waals surface area (Å²) in [7, 11) is 3.38. The van der Waals surface area contributed by atoms with Gasteiger partial charge in [0.05, 0.1) is 0 Å². The predicted octanol–water partition coefficient (Wildman–Crippen LogP) is 1.63. The predicted molar refractivity (Wildman–Crippen MR) is 100 cm³/mol. The van der Waals surface area contributed by atoms with Gasteiger partial charge in [-0.25, -0.2) is 4.79 Å². The van der Waals surface area contributed by atoms with Crippen LogP contribution in [-0.2, 0) is 13.6 Å². The lowest BCUT2D eigenvalue weighted by molar-refractivity contribution is 0.658. The minimum Gasteiger partial charge on any atom is -0.339 e. The van der Waals surface area contributed by atoms with Gasteiger partial charge in [0.1, 0.15) is 11.5 Å². The summed E-state index contributed by atoms with van der Waals surface area (Å²) in [6.45, 7) is 3.75. The summed E-state index contributed by atoms with van der Waals surface area (Å²) in [5.74, 6) is 6.57. The Morgan fingerprint density at radius 3 is 2.80 bits per heavy atom. The fourth-order valence-corrected chi connectivity index (χ4v) is 2.92. The van der Waals surface area contributed by atoms with Gasteiger partial charge in [-0.1, -0.05) is 35.6 Å². The van der Waals surface area contributed by atoms with Crippen LogP contribution < -0.4 is 21.5 Å². The molecule has 0 spiro atoms. The van der Waals surface area contributed by atoms with Crippen molar-refractivity contribution in [1.29, 1.82) is 0 Å². The van der Waals surface area contributed by atoms with Gasteiger partial charge in [0, 0.05) is 31.2 Å². The van der Waals surface area contributed by atoms with Gasteiger partial charge in [-0.3, -0.25) is 13.9 Å². The second-order valence-corrected chi connectivity index (χ2v) is 6.12. The first-order chi connectivity index (χ1) is 11.9. The van der Waals surface area contributed by atoms with Gasteiger partial charge < -0.3 is 10.2 Å². The van der Waals surface area contributed by atoms with E-state index in [9.17, 15) is 9.59 Å². The standard InChI is InChI=1S/C18H17ClN4O2/c1-4-10-23-17(24)15-16(22(3)18(23)25)20-14(21(15)2)9-8-12-6-5-7-13(19)11-12/h4-7,11,14,20H,1,10H2,2-3H3. The van der Waals surface area contributed by atoms with E-state index in [0.29, 0.717) is 16.5 Å². The molecule has 1 N–H and O–H groups in total. The molecule has 0 radical (unpaired) electrons. The smallest absolute Gasteiger partial charge is 0.332 e. The molecule has 1 atom stereocenters. The summed E-state index contributed by atoms with van der Waals surface area (Å²) in [6.07, 6.45) is 1.10. The zero-order chi connectivity index (χ0) is 18.1. The first-order valence-corrected chi connectivity index (χ1v) is 8.03. The first kappa shape index (κ1) is 16.9. The third-order valence-electron chi connectivity index (χ3n) is 4.03. The number of nitrogens with one attached hydrogen (secondary N) is 1. The molecule has 1 aliphatic heterocycles. The van der Waals surface area contributed by atoms with Gasteiger partial charge in [0.15, 0.2) is 6.17 Å². The van der Waals surface area contributed by atoms with Crippen LogP contribution >= 0.6 is 11.6 Å². The van der Waals surface area contributed by atoms with Gasteiger partial charge in [-0.2, -0.15) is 0 Å². The Hall–Kier alpha value is -2.91. The van der Waals surface area contributed by atoms with E-state index >= 15 is 0 Å². The number of benzene rings is 1. The van der Waals surface area contributed by atoms with Crippen molar-refractivity contribution in [1.82, 2.24) is 9.13 Å². The molecule has 128 valence electrons. The molecule has 1 aliphatic rings. The minimum absolute atomic E-state index is 0.158. The maximum Gasteiger partial charge on any atom is 0.332 e. The lowest BCUT2D eigenvalue weighted by Crippen LogP contribution is -2.40. The highest BCUT2D eigenvalue weighted by Crippen LogP contribution is 2.27. The van der Waals surface area contributed by atoms with Crippen molar-refractivity contribution < 1.29 is 0 Å². The summed E-state index contributed by atoms with van der Waals surface area (Å²) in [4.78, 5) is 26.7. The molecule has 0 amide bonds. The van der Waals surface area contributed by atoms with Gasteiger partial charge in [-0.05, 0) is 18.2 Å². The van der Waals surface area contributed by atoms with Crippen molar-refractivity contribution in [2.45, 2.75) is 12.7 Å². The Balaban J connectivity index is 2.02. The van der Waals surface area contributed by atoms with Crippen LogP contribution in [-0.4, -0.2) is 22.3 Å². The molecule has 0 saturated carbocycles. The SMILES string of the molecule is C=CCn1c(=O)c2c(n(C)c1=O)NC(C#Cc1cccc(Cl)c1)N2C. The summed E-state index contributed by atoms with van der Waals surface area (Å²) < 4.78 is 2.56. The summed E-state index contributed by atoms with van der Waals surface area (Å²) >= 11 is 5.96. The Bertz CT molecular complexity index is 1030. The molecular formula is C18H17ClN4O2. The molecule has 3 rings (SSSR count). The molecule has 1 unspecified atom stereocenters. The fraction of sp³-hybridized carbons (Fsp3) is 0.222. The zero-order valence-electron chi connectivity index (χ0n) is 13.9. The molecule has 2 heterocycles. The Labute approximate surface area is 150 Å². The molecule has 1 aromatic heterocycles. The Kier molecular flexibility index (Phi) is 4.43. The van der Waals surface area contributed by atoms with Gasteiger partial charge in [0.2, 0.25) is 0 Å². The van der Waals surface area contributed by atoms with Crippen LogP contribution in [0.25, 0.3) is 0 Å². The average Bonchev–Trinajstić information content (AvgIpc) is 2.92. The van der Waals surface area contributed by atoms with E-state index in [1.165, 1.54) is 10.6 Å². The topological polar surface area (TPSA) is 59.3 Å². The van der Waals surface area contributed by atoms with Crippen LogP contribution in [0, 0.1) is 11.8 Å². The Morgan fingerprint density at radius 1 is 1.36 bits per heavy atom. The van der Waals surface area contributed by atoms with Crippen molar-refractivity contribution in [3.63, 3.8) is 0 Å². The lowest BCUT2D eigenvalue weighted by atomic mass is 10.2. The average molecular weight is 357 g/mol. The third kappa shape index (κ3) is 2.94. The molecule has 0 fully saturated rings. The molecule has 2 aromatic rings. The van der Waals surface area contributed by atoms with Crippen LogP contribution in [0.15, 0.2) is 46.5 Å². The van der Waals surface area contributed by atoms with Gasteiger partial charge in [0.25, 0.3) is 5.56 Å². The lowest BCUT2D eigenvalue weighted by Gasteiger charge is -2.16. The maximum atomic E-state index is 12.7. The van der Waals surface area contributed by atoms with Crippen LogP contribution in [0.4, 0.5) is 11.5 Å². The van der Waals surface area contributed by atoms with Gasteiger partial charge >= 0.3 is 5.69 Å². The number of aromatic nitrogens is 2. The molecule has 0 bridgehead atoms. The maximum absolute atomic E-state index is 12.7. The van der Waals surface area contributed by atoms with Crippen molar-refractivity contribution in [2.24, 2.45) is 7.05 Å². The van der Waals surface area contributed by atoms with E-state index in [0.717, 1.165) is 10.1 Å². The number of hydrogen-bond donors (Lipinski definition) is 1. The quantitative estimate of drug-likeness (QED) is 0.656. The number of hydrogen-bond acceptors (Lipinski definition) is 4. The highest BCUT2D eigenvalue weighted by Gasteiger charge is 2.31. The van der Waals surface area contributed by atoms with E-state index in [4.69, 9.17) is 11.6 Å². The first-order valence-electron chi connectivity index (χ1n) is 7.65. The highest BCUT2D eigenvalue weighted by molar-refractivity contribution is 6.30. The Morgan fingerprint density at radius 2 is 2.12 bits per heavy atom. The van der Waals surface area contributed by atoms with E-state index in [2.05, 4.69) is 23.7 Å². The van der Waals surface area contributed by atoms with Crippen molar-refractivity contribution in [2.75, 3.05) is 17.3 Å². The summed E-state index contributed by atoms with van der Waals surface area (Å²) in [5.41, 5.74) is 0.430. The normalized spacial score (nSPS) is 15.2. The molecule has 1 aromatic carbocycles. The molecular weight excluding hydrogens is 340 g/mol. The number of allylic oxidation sites excluding steroid dienone is 1. The largest absolute Gasteiger partial charge is 0.339 e. The van der Waals surface area contributed by atoms with Crippen molar-refractivity contribution >= 4 is 23.1 Å². The van der Waals surface area contributed by atoms with Crippen molar-refractivity contribution in [3.05, 3.63) is 68.3 Å². The van der Waals surface area contributed by atoms with E-state index in [1.54, 1.807) is 31.1 Å². The van der Waals surface area contributed by atoms with Crippen LogP contribution in [0.3, 0.4) is 0 Å². The summed E-state index contributed by atoms with van der Waals surface area (Å²) in [6, 6.07) is 7.22. The molecule has 6 nitrogen and oxygen atoms in total. The molecule has 25 heavy (non-hydrogen) atoms. The number of fused-ring (bicyclic) bond motifs is 1. The molecule has 0 aliphatic carbocycles. The fourth-order valence-electron chi connectivity index (χ4n) is 2.73. The number of anilines is 2. The second kappa shape index (κ2) is 6.54. The zero-order valence-corrected chi connectivity index (χ0v) is 14.7. The monoisotopic (exact) mass is 356 g/mol. The van der Waals surface area contributed by atoms with Crippen molar-refractivity contribution in [3.8, 4) is 11.8 Å². The molecule has 0 saturated heterocycles. The van der Waals surface area contributed by atoms with Crippen LogP contribution in [0.1, 0.15) is 5.56 Å². The van der Waals surface area contributed by atoms with E-state index < -0.39 is 11.9 Å². The van der Waals surface area contributed by atoms with Crippen LogP contribution in [0.5, 0.6) is 0 Å².